The molecule has 3 rings (SSSR count). The number of Topliss-reactive ketones (excluding diaryl/α,β-unsaturated/α-hetero) is 2. The van der Waals surface area contributed by atoms with Crippen LogP contribution in [-0.4, -0.2) is 16.6 Å². The number of carbonyl (C=O) groups is 2. The zero-order valence-electron chi connectivity index (χ0n) is 8.96. The molecule has 0 fully saturated rings. The monoisotopic (exact) mass is 223 g/mol. The van der Waals surface area contributed by atoms with Crippen molar-refractivity contribution in [3.05, 3.63) is 65.5 Å². The second-order valence-corrected chi connectivity index (χ2v) is 3.96. The Bertz CT molecular complexity index is 570. The zero-order chi connectivity index (χ0) is 11.8. The molecule has 1 aliphatic rings. The van der Waals surface area contributed by atoms with E-state index in [9.17, 15) is 9.59 Å². The van der Waals surface area contributed by atoms with Crippen LogP contribution in [0.5, 0.6) is 0 Å². The van der Waals surface area contributed by atoms with E-state index in [0.29, 0.717) is 16.8 Å². The fraction of sp³-hybridized carbons (Fsp3) is 0.0714. The largest absolute Gasteiger partial charge is 0.293 e. The number of fused-ring (bicyclic) bond motifs is 1. The molecule has 0 N–H and O–H groups in total. The summed E-state index contributed by atoms with van der Waals surface area (Å²) in [6.07, 6.45) is 1.60. The van der Waals surface area contributed by atoms with Crippen LogP contribution in [0, 0.1) is 0 Å². The van der Waals surface area contributed by atoms with Crippen LogP contribution in [0.1, 0.15) is 32.3 Å². The van der Waals surface area contributed by atoms with Gasteiger partial charge in [0.1, 0.15) is 5.92 Å². The summed E-state index contributed by atoms with van der Waals surface area (Å²) in [6, 6.07) is 12.2. The third-order valence-electron chi connectivity index (χ3n) is 2.97. The molecule has 17 heavy (non-hydrogen) atoms. The predicted molar refractivity (Wildman–Crippen MR) is 62.1 cm³/mol. The van der Waals surface area contributed by atoms with Gasteiger partial charge in [-0.3, -0.25) is 14.6 Å². The van der Waals surface area contributed by atoms with Crippen molar-refractivity contribution in [2.24, 2.45) is 0 Å². The minimum Gasteiger partial charge on any atom is -0.293 e. The Kier molecular flexibility index (Phi) is 2.11. The van der Waals surface area contributed by atoms with Gasteiger partial charge in [0.25, 0.3) is 0 Å². The predicted octanol–water partition coefficient (Wildman–Crippen LogP) is 2.24. The second kappa shape index (κ2) is 3.63. The van der Waals surface area contributed by atoms with Crippen molar-refractivity contribution in [2.45, 2.75) is 5.92 Å². The highest BCUT2D eigenvalue weighted by atomic mass is 16.2. The van der Waals surface area contributed by atoms with Crippen molar-refractivity contribution >= 4 is 11.6 Å². The normalized spacial score (nSPS) is 15.1. The van der Waals surface area contributed by atoms with Crippen LogP contribution < -0.4 is 0 Å². The van der Waals surface area contributed by atoms with Gasteiger partial charge in [-0.1, -0.05) is 30.3 Å². The van der Waals surface area contributed by atoms with Gasteiger partial charge in [0.2, 0.25) is 0 Å². The maximum Gasteiger partial charge on any atom is 0.180 e. The third-order valence-corrected chi connectivity index (χ3v) is 2.97. The lowest BCUT2D eigenvalue weighted by Gasteiger charge is -2.04. The van der Waals surface area contributed by atoms with Crippen molar-refractivity contribution in [1.82, 2.24) is 4.98 Å². The first-order valence-corrected chi connectivity index (χ1v) is 5.37. The minimum atomic E-state index is -0.756. The molecule has 3 heteroatoms. The summed E-state index contributed by atoms with van der Waals surface area (Å²) >= 11 is 0. The van der Waals surface area contributed by atoms with Crippen molar-refractivity contribution < 1.29 is 9.59 Å². The Hall–Kier alpha value is -2.29. The summed E-state index contributed by atoms with van der Waals surface area (Å²) in [5, 5.41) is 0. The highest BCUT2D eigenvalue weighted by molar-refractivity contribution is 6.29. The zero-order valence-corrected chi connectivity index (χ0v) is 8.96. The average Bonchev–Trinajstić information content (AvgIpc) is 2.64. The second-order valence-electron chi connectivity index (χ2n) is 3.96. The molecule has 0 atom stereocenters. The summed E-state index contributed by atoms with van der Waals surface area (Å²) in [5.41, 5.74) is 1.54. The first-order valence-electron chi connectivity index (χ1n) is 5.37. The molecule has 0 radical (unpaired) electrons. The van der Waals surface area contributed by atoms with Crippen LogP contribution in [0.4, 0.5) is 0 Å². The molecule has 0 saturated heterocycles. The van der Waals surface area contributed by atoms with E-state index in [1.165, 1.54) is 0 Å². The van der Waals surface area contributed by atoms with Crippen molar-refractivity contribution in [2.75, 3.05) is 0 Å². The molecular weight excluding hydrogens is 214 g/mol. The van der Waals surface area contributed by atoms with Gasteiger partial charge >= 0.3 is 0 Å². The van der Waals surface area contributed by atoms with Crippen LogP contribution in [0.15, 0.2) is 48.7 Å². The maximum atomic E-state index is 12.1. The molecular formula is C14H9NO2. The highest BCUT2D eigenvalue weighted by Gasteiger charge is 2.39. The molecule has 2 aromatic rings. The molecule has 0 unspecified atom stereocenters. The van der Waals surface area contributed by atoms with E-state index in [2.05, 4.69) is 4.98 Å². The molecule has 82 valence electrons. The molecule has 1 heterocycles. The number of benzene rings is 1. The summed E-state index contributed by atoms with van der Waals surface area (Å²) in [5.74, 6) is -1.05. The topological polar surface area (TPSA) is 47.0 Å². The number of hydrogen-bond acceptors (Lipinski definition) is 3. The van der Waals surface area contributed by atoms with Gasteiger partial charge in [-0.05, 0) is 12.1 Å². The fourth-order valence-corrected chi connectivity index (χ4v) is 2.16. The third kappa shape index (κ3) is 1.40. The summed E-state index contributed by atoms with van der Waals surface area (Å²) in [6.45, 7) is 0. The van der Waals surface area contributed by atoms with Gasteiger partial charge in [0.15, 0.2) is 11.6 Å². The van der Waals surface area contributed by atoms with Gasteiger partial charge in [-0.2, -0.15) is 0 Å². The first kappa shape index (κ1) is 9.90. The minimum absolute atomic E-state index is 0.149. The number of hydrogen-bond donors (Lipinski definition) is 0. The van der Waals surface area contributed by atoms with Gasteiger partial charge in [0, 0.05) is 17.3 Å². The highest BCUT2D eigenvalue weighted by Crippen LogP contribution is 2.32. The lowest BCUT2D eigenvalue weighted by atomic mass is 9.99. The number of carbonyl (C=O) groups excluding carboxylic acids is 2. The van der Waals surface area contributed by atoms with E-state index in [4.69, 9.17) is 0 Å². The van der Waals surface area contributed by atoms with E-state index in [0.717, 1.165) is 0 Å². The molecule has 0 saturated carbocycles. The molecule has 1 aliphatic carbocycles. The molecule has 1 aromatic carbocycles. The lowest BCUT2D eigenvalue weighted by Crippen LogP contribution is -2.14. The van der Waals surface area contributed by atoms with E-state index < -0.39 is 5.92 Å². The van der Waals surface area contributed by atoms with Crippen LogP contribution in [0.2, 0.25) is 0 Å². The van der Waals surface area contributed by atoms with Crippen LogP contribution in [0.3, 0.4) is 0 Å². The van der Waals surface area contributed by atoms with Gasteiger partial charge in [0.05, 0.1) is 5.69 Å². The van der Waals surface area contributed by atoms with Crippen molar-refractivity contribution in [3.8, 4) is 0 Å². The standard InChI is InChI=1S/C14H9NO2/c16-13-9-5-1-2-6-10(9)14(17)12(13)11-7-3-4-8-15-11/h1-8,12H. The van der Waals surface area contributed by atoms with E-state index >= 15 is 0 Å². The van der Waals surface area contributed by atoms with Gasteiger partial charge in [-0.15, -0.1) is 0 Å². The molecule has 0 spiro atoms. The van der Waals surface area contributed by atoms with E-state index in [-0.39, 0.29) is 11.6 Å². The Morgan fingerprint density at radius 2 is 1.41 bits per heavy atom. The molecule has 3 nitrogen and oxygen atoms in total. The first-order chi connectivity index (χ1) is 8.29. The number of nitrogens with zero attached hydrogens (tertiary/aromatic N) is 1. The van der Waals surface area contributed by atoms with Crippen molar-refractivity contribution in [1.29, 1.82) is 0 Å². The van der Waals surface area contributed by atoms with E-state index in [1.54, 1.807) is 48.7 Å². The fourth-order valence-electron chi connectivity index (χ4n) is 2.16. The Morgan fingerprint density at radius 1 is 0.824 bits per heavy atom. The number of pyridine rings is 1. The average molecular weight is 223 g/mol. The molecule has 0 bridgehead atoms. The van der Waals surface area contributed by atoms with Gasteiger partial charge in [-0.25, -0.2) is 0 Å². The molecule has 0 aliphatic heterocycles. The Balaban J connectivity index is 2.13. The molecule has 0 amide bonds. The Labute approximate surface area is 98.1 Å². The van der Waals surface area contributed by atoms with Crippen molar-refractivity contribution in [3.63, 3.8) is 0 Å². The summed E-state index contributed by atoms with van der Waals surface area (Å²) < 4.78 is 0. The van der Waals surface area contributed by atoms with E-state index in [1.807, 2.05) is 0 Å². The number of rotatable bonds is 1. The summed E-state index contributed by atoms with van der Waals surface area (Å²) in [7, 11) is 0. The summed E-state index contributed by atoms with van der Waals surface area (Å²) in [4.78, 5) is 28.4. The van der Waals surface area contributed by atoms with Crippen LogP contribution in [0.25, 0.3) is 0 Å². The smallest absolute Gasteiger partial charge is 0.180 e. The number of aromatic nitrogens is 1. The Morgan fingerprint density at radius 3 is 1.94 bits per heavy atom. The van der Waals surface area contributed by atoms with Gasteiger partial charge < -0.3 is 0 Å². The SMILES string of the molecule is O=C1c2ccccc2C(=O)C1c1ccccn1. The van der Waals surface area contributed by atoms with Crippen LogP contribution in [-0.2, 0) is 0 Å². The van der Waals surface area contributed by atoms with Crippen LogP contribution >= 0.6 is 0 Å². The maximum absolute atomic E-state index is 12.1. The lowest BCUT2D eigenvalue weighted by molar-refractivity contribution is 0.0888. The number of ketones is 2. The molecule has 1 aromatic heterocycles. The quantitative estimate of drug-likeness (QED) is 0.696.